The highest BCUT2D eigenvalue weighted by Gasteiger charge is 2.27. The highest BCUT2D eigenvalue weighted by atomic mass is 32.2. The van der Waals surface area contributed by atoms with Gasteiger partial charge in [0.25, 0.3) is 10.0 Å². The van der Waals surface area contributed by atoms with Crippen molar-refractivity contribution in [3.8, 4) is 5.75 Å². The number of rotatable bonds is 6. The number of amides is 1. The molecule has 0 bridgehead atoms. The molecule has 0 spiro atoms. The molecule has 1 atom stereocenters. The van der Waals surface area contributed by atoms with E-state index in [2.05, 4.69) is 29.0 Å². The smallest absolute Gasteiger partial charge is 0.261 e. The highest BCUT2D eigenvalue weighted by Crippen LogP contribution is 2.36. The highest BCUT2D eigenvalue weighted by molar-refractivity contribution is 7.92. The van der Waals surface area contributed by atoms with Crippen molar-refractivity contribution in [2.45, 2.75) is 37.1 Å². The normalized spacial score (nSPS) is 16.2. The van der Waals surface area contributed by atoms with Crippen molar-refractivity contribution in [1.82, 2.24) is 4.90 Å². The Morgan fingerprint density at radius 1 is 1.10 bits per heavy atom. The molecular weight excluding hydrogens is 390 g/mol. The minimum Gasteiger partial charge on any atom is -0.496 e. The minimum absolute atomic E-state index is 0.137. The van der Waals surface area contributed by atoms with Gasteiger partial charge in [0, 0.05) is 24.2 Å². The number of carbonyl (C=O) groups excluding carboxylic acids is 1. The van der Waals surface area contributed by atoms with Gasteiger partial charge >= 0.3 is 0 Å². The summed E-state index contributed by atoms with van der Waals surface area (Å²) in [6.45, 7) is 1.40. The molecule has 0 heterocycles. The summed E-state index contributed by atoms with van der Waals surface area (Å²) in [5.74, 6) is 0.578. The third kappa shape index (κ3) is 4.71. The average Bonchev–Trinajstić information content (AvgIpc) is 2.67. The Kier molecular flexibility index (Phi) is 6.14. The van der Waals surface area contributed by atoms with E-state index in [4.69, 9.17) is 4.74 Å². The molecule has 1 aliphatic carbocycles. The second-order valence-corrected chi connectivity index (χ2v) is 9.13. The maximum Gasteiger partial charge on any atom is 0.261 e. The number of nitrogens with zero attached hydrogens (tertiary/aromatic N) is 1. The van der Waals surface area contributed by atoms with Crippen LogP contribution >= 0.6 is 0 Å². The van der Waals surface area contributed by atoms with Gasteiger partial charge in [0.1, 0.15) is 5.75 Å². The van der Waals surface area contributed by atoms with Gasteiger partial charge in [-0.25, -0.2) is 8.42 Å². The summed E-state index contributed by atoms with van der Waals surface area (Å²) in [5, 5.41) is 2.63. The van der Waals surface area contributed by atoms with Crippen molar-refractivity contribution in [1.29, 1.82) is 0 Å². The van der Waals surface area contributed by atoms with Crippen LogP contribution in [0.15, 0.2) is 41.3 Å². The Balaban J connectivity index is 1.90. The Bertz CT molecular complexity index is 1000. The van der Waals surface area contributed by atoms with E-state index in [-0.39, 0.29) is 10.8 Å². The SMILES string of the molecule is COc1ccc(NS(=O)(=O)c2ccc(NC(C)=O)cc2)c2c1C[C@@H](N(C)C)CC2. The lowest BCUT2D eigenvalue weighted by atomic mass is 9.86. The number of methoxy groups -OCH3 is 1. The third-order valence-electron chi connectivity index (χ3n) is 5.24. The summed E-state index contributed by atoms with van der Waals surface area (Å²) < 4.78 is 34.1. The van der Waals surface area contributed by atoms with Gasteiger partial charge in [-0.2, -0.15) is 0 Å². The van der Waals surface area contributed by atoms with Crippen molar-refractivity contribution in [2.75, 3.05) is 31.2 Å². The number of anilines is 2. The van der Waals surface area contributed by atoms with E-state index in [1.54, 1.807) is 25.3 Å². The minimum atomic E-state index is -3.76. The largest absolute Gasteiger partial charge is 0.496 e. The molecule has 0 saturated heterocycles. The lowest BCUT2D eigenvalue weighted by Crippen LogP contribution is -2.34. The van der Waals surface area contributed by atoms with Crippen LogP contribution in [0.25, 0.3) is 0 Å². The maximum absolute atomic E-state index is 12.9. The Labute approximate surface area is 172 Å². The van der Waals surface area contributed by atoms with Gasteiger partial charge in [-0.15, -0.1) is 0 Å². The second-order valence-electron chi connectivity index (χ2n) is 7.44. The number of hydrogen-bond acceptors (Lipinski definition) is 5. The summed E-state index contributed by atoms with van der Waals surface area (Å²) >= 11 is 0. The molecule has 0 unspecified atom stereocenters. The van der Waals surface area contributed by atoms with Gasteiger partial charge in [-0.1, -0.05) is 0 Å². The van der Waals surface area contributed by atoms with E-state index in [9.17, 15) is 13.2 Å². The van der Waals surface area contributed by atoms with E-state index in [0.717, 1.165) is 36.1 Å². The van der Waals surface area contributed by atoms with Gasteiger partial charge in [-0.05, 0) is 75.3 Å². The number of likely N-dealkylation sites (N-methyl/N-ethyl adjacent to an activating group) is 1. The summed E-state index contributed by atoms with van der Waals surface area (Å²) in [4.78, 5) is 13.5. The quantitative estimate of drug-likeness (QED) is 0.755. The standard InChI is InChI=1S/C21H27N3O4S/c1-14(25)22-15-5-8-17(9-6-15)29(26,27)23-20-11-12-21(28-4)19-13-16(24(2)3)7-10-18(19)20/h5-6,8-9,11-12,16,23H,7,10,13H2,1-4H3,(H,22,25)/t16-/m0/s1. The Morgan fingerprint density at radius 3 is 2.38 bits per heavy atom. The molecule has 0 saturated carbocycles. The predicted molar refractivity (Wildman–Crippen MR) is 114 cm³/mol. The molecule has 0 aromatic heterocycles. The molecular formula is C21H27N3O4S. The van der Waals surface area contributed by atoms with Crippen molar-refractivity contribution >= 4 is 27.3 Å². The molecule has 0 radical (unpaired) electrons. The predicted octanol–water partition coefficient (Wildman–Crippen LogP) is 2.87. The van der Waals surface area contributed by atoms with Gasteiger partial charge in [0.05, 0.1) is 17.7 Å². The first-order valence-electron chi connectivity index (χ1n) is 9.47. The van der Waals surface area contributed by atoms with Crippen molar-refractivity contribution in [3.05, 3.63) is 47.5 Å². The lowest BCUT2D eigenvalue weighted by Gasteiger charge is -2.32. The zero-order valence-corrected chi connectivity index (χ0v) is 18.0. The van der Waals surface area contributed by atoms with E-state index in [1.165, 1.54) is 19.1 Å². The first-order valence-corrected chi connectivity index (χ1v) is 10.9. The van der Waals surface area contributed by atoms with Crippen molar-refractivity contribution in [3.63, 3.8) is 0 Å². The summed E-state index contributed by atoms with van der Waals surface area (Å²) in [6.07, 6.45) is 2.54. The molecule has 1 amide bonds. The number of sulfonamides is 1. The van der Waals surface area contributed by atoms with Crippen LogP contribution < -0.4 is 14.8 Å². The van der Waals surface area contributed by atoms with Gasteiger partial charge in [0.15, 0.2) is 0 Å². The topological polar surface area (TPSA) is 87.7 Å². The third-order valence-corrected chi connectivity index (χ3v) is 6.62. The van der Waals surface area contributed by atoms with Crippen LogP contribution in [-0.4, -0.2) is 46.5 Å². The first kappa shape index (κ1) is 21.1. The Hall–Kier alpha value is -2.58. The number of hydrogen-bond donors (Lipinski definition) is 2. The summed E-state index contributed by atoms with van der Waals surface area (Å²) in [5.41, 5.74) is 3.18. The van der Waals surface area contributed by atoms with Crippen LogP contribution in [0.2, 0.25) is 0 Å². The molecule has 1 aliphatic rings. The van der Waals surface area contributed by atoms with Crippen LogP contribution in [0.4, 0.5) is 11.4 Å². The molecule has 0 aliphatic heterocycles. The maximum atomic E-state index is 12.9. The molecule has 29 heavy (non-hydrogen) atoms. The average molecular weight is 418 g/mol. The Morgan fingerprint density at radius 2 is 1.79 bits per heavy atom. The van der Waals surface area contributed by atoms with Gasteiger partial charge in [-0.3, -0.25) is 9.52 Å². The van der Waals surface area contributed by atoms with Crippen molar-refractivity contribution < 1.29 is 17.9 Å². The van der Waals surface area contributed by atoms with E-state index < -0.39 is 10.0 Å². The molecule has 7 nitrogen and oxygen atoms in total. The van der Waals surface area contributed by atoms with E-state index in [0.29, 0.717) is 17.4 Å². The number of carbonyl (C=O) groups is 1. The zero-order chi connectivity index (χ0) is 21.2. The number of fused-ring (bicyclic) bond motifs is 1. The molecule has 156 valence electrons. The van der Waals surface area contributed by atoms with Crippen LogP contribution in [0.5, 0.6) is 5.75 Å². The van der Waals surface area contributed by atoms with Crippen LogP contribution in [0.3, 0.4) is 0 Å². The summed E-state index contributed by atoms with van der Waals surface area (Å²) in [6, 6.07) is 10.1. The summed E-state index contributed by atoms with van der Waals surface area (Å²) in [7, 11) is 1.99. The molecule has 2 aromatic rings. The molecule has 8 heteroatoms. The van der Waals surface area contributed by atoms with Gasteiger partial charge in [0.2, 0.25) is 5.91 Å². The monoisotopic (exact) mass is 417 g/mol. The lowest BCUT2D eigenvalue weighted by molar-refractivity contribution is -0.114. The van der Waals surface area contributed by atoms with E-state index in [1.807, 2.05) is 6.07 Å². The van der Waals surface area contributed by atoms with Crippen LogP contribution in [0, 0.1) is 0 Å². The molecule has 2 aromatic carbocycles. The number of benzene rings is 2. The number of nitrogens with one attached hydrogen (secondary N) is 2. The molecule has 3 rings (SSSR count). The van der Waals surface area contributed by atoms with Crippen LogP contribution in [-0.2, 0) is 27.7 Å². The molecule has 0 fully saturated rings. The van der Waals surface area contributed by atoms with Crippen LogP contribution in [0.1, 0.15) is 24.5 Å². The number of ether oxygens (including phenoxy) is 1. The first-order chi connectivity index (χ1) is 13.7. The fraction of sp³-hybridized carbons (Fsp3) is 0.381. The second kappa shape index (κ2) is 8.42. The zero-order valence-electron chi connectivity index (χ0n) is 17.2. The van der Waals surface area contributed by atoms with Gasteiger partial charge < -0.3 is 15.0 Å². The van der Waals surface area contributed by atoms with E-state index >= 15 is 0 Å². The fourth-order valence-electron chi connectivity index (χ4n) is 3.68. The van der Waals surface area contributed by atoms with Crippen molar-refractivity contribution in [2.24, 2.45) is 0 Å². The molecule has 2 N–H and O–H groups in total. The fourth-order valence-corrected chi connectivity index (χ4v) is 4.77.